The number of ether oxygens (including phenoxy) is 1. The Kier molecular flexibility index (Phi) is 7.10. The fourth-order valence-electron chi connectivity index (χ4n) is 3.89. The molecule has 2 aromatic carbocycles. The number of aryl methyl sites for hydroxylation is 2. The van der Waals surface area contributed by atoms with Crippen LogP contribution in [-0.4, -0.2) is 50.3 Å². The number of morpholine rings is 1. The van der Waals surface area contributed by atoms with Gasteiger partial charge in [0.1, 0.15) is 13.1 Å². The van der Waals surface area contributed by atoms with Gasteiger partial charge >= 0.3 is 0 Å². The van der Waals surface area contributed by atoms with Crippen LogP contribution in [0.25, 0.3) is 10.2 Å². The predicted molar refractivity (Wildman–Crippen MR) is 122 cm³/mol. The average molecular weight is 425 g/mol. The summed E-state index contributed by atoms with van der Waals surface area (Å²) in [6.45, 7) is 7.67. The van der Waals surface area contributed by atoms with E-state index >= 15 is 0 Å². The van der Waals surface area contributed by atoms with E-state index in [-0.39, 0.29) is 5.91 Å². The van der Waals surface area contributed by atoms with Gasteiger partial charge in [0, 0.05) is 19.4 Å². The molecule has 5 nitrogen and oxygen atoms in total. The summed E-state index contributed by atoms with van der Waals surface area (Å²) in [7, 11) is 0. The van der Waals surface area contributed by atoms with Crippen LogP contribution in [0.4, 0.5) is 5.13 Å². The lowest BCUT2D eigenvalue weighted by atomic mass is 10.1. The van der Waals surface area contributed by atoms with Gasteiger partial charge in [0.05, 0.1) is 30.0 Å². The number of quaternary nitrogens is 1. The Morgan fingerprint density at radius 1 is 1.17 bits per heavy atom. The topological polar surface area (TPSA) is 46.9 Å². The van der Waals surface area contributed by atoms with Gasteiger partial charge in [-0.05, 0) is 36.6 Å². The summed E-state index contributed by atoms with van der Waals surface area (Å²) in [4.78, 5) is 21.5. The highest BCUT2D eigenvalue weighted by Gasteiger charge is 2.21. The van der Waals surface area contributed by atoms with Crippen molar-refractivity contribution in [3.63, 3.8) is 0 Å². The number of nitrogens with zero attached hydrogens (tertiary/aromatic N) is 2. The van der Waals surface area contributed by atoms with Crippen LogP contribution in [0.5, 0.6) is 0 Å². The first-order valence-corrected chi connectivity index (χ1v) is 11.6. The molecular weight excluding hydrogens is 394 g/mol. The highest BCUT2D eigenvalue weighted by atomic mass is 32.1. The molecule has 1 N–H and O–H groups in total. The number of aromatic nitrogens is 1. The molecule has 158 valence electrons. The van der Waals surface area contributed by atoms with E-state index < -0.39 is 0 Å². The quantitative estimate of drug-likeness (QED) is 0.605. The van der Waals surface area contributed by atoms with Gasteiger partial charge in [-0.15, -0.1) is 0 Å². The van der Waals surface area contributed by atoms with E-state index in [1.165, 1.54) is 11.1 Å². The summed E-state index contributed by atoms with van der Waals surface area (Å²) in [5, 5.41) is 0.825. The second kappa shape index (κ2) is 10.2. The SMILES string of the molecule is Cc1ccc2nc(N(CCC[NH+]3CCOCC3)C(=O)CCc3ccccc3)sc2c1. The van der Waals surface area contributed by atoms with Gasteiger partial charge in [0.25, 0.3) is 0 Å². The molecule has 1 fully saturated rings. The monoisotopic (exact) mass is 424 g/mol. The Morgan fingerprint density at radius 2 is 1.97 bits per heavy atom. The van der Waals surface area contributed by atoms with E-state index in [1.54, 1.807) is 16.2 Å². The molecule has 30 heavy (non-hydrogen) atoms. The molecule has 3 aromatic rings. The molecule has 1 aromatic heterocycles. The summed E-state index contributed by atoms with van der Waals surface area (Å²) in [6.07, 6.45) is 2.24. The van der Waals surface area contributed by atoms with Crippen LogP contribution >= 0.6 is 11.3 Å². The van der Waals surface area contributed by atoms with Crippen molar-refractivity contribution in [2.24, 2.45) is 0 Å². The molecule has 1 aliphatic heterocycles. The van der Waals surface area contributed by atoms with E-state index in [4.69, 9.17) is 9.72 Å². The number of thiazole rings is 1. The standard InChI is InChI=1S/C24H29N3O2S/c1-19-8-10-21-22(18-19)30-24(25-21)27(13-5-12-26-14-16-29-17-15-26)23(28)11-9-20-6-3-2-4-7-20/h2-4,6-8,10,18H,5,9,11-17H2,1H3/p+1. The molecule has 1 aliphatic rings. The summed E-state index contributed by atoms with van der Waals surface area (Å²) in [6, 6.07) is 16.5. The Hall–Kier alpha value is -2.28. The van der Waals surface area contributed by atoms with Crippen molar-refractivity contribution in [3.8, 4) is 0 Å². The van der Waals surface area contributed by atoms with Crippen LogP contribution in [-0.2, 0) is 16.0 Å². The number of rotatable bonds is 8. The molecule has 0 bridgehead atoms. The molecule has 0 unspecified atom stereocenters. The maximum atomic E-state index is 13.2. The highest BCUT2D eigenvalue weighted by Crippen LogP contribution is 2.30. The highest BCUT2D eigenvalue weighted by molar-refractivity contribution is 7.22. The minimum absolute atomic E-state index is 0.159. The van der Waals surface area contributed by atoms with E-state index in [0.29, 0.717) is 6.42 Å². The van der Waals surface area contributed by atoms with Crippen LogP contribution in [0, 0.1) is 6.92 Å². The van der Waals surface area contributed by atoms with E-state index in [9.17, 15) is 4.79 Å². The van der Waals surface area contributed by atoms with Gasteiger partial charge in [0.2, 0.25) is 5.91 Å². The number of amides is 1. The Labute approximate surface area is 182 Å². The lowest BCUT2D eigenvalue weighted by molar-refractivity contribution is -0.908. The van der Waals surface area contributed by atoms with Crippen LogP contribution in [0.2, 0.25) is 0 Å². The summed E-state index contributed by atoms with van der Waals surface area (Å²) in [5.74, 6) is 0.159. The molecule has 1 saturated heterocycles. The number of carbonyl (C=O) groups is 1. The maximum absolute atomic E-state index is 13.2. The van der Waals surface area contributed by atoms with Crippen LogP contribution in [0.15, 0.2) is 48.5 Å². The zero-order valence-electron chi connectivity index (χ0n) is 17.6. The number of carbonyl (C=O) groups excluding carboxylic acids is 1. The van der Waals surface area contributed by atoms with Gasteiger partial charge in [-0.1, -0.05) is 47.7 Å². The normalized spacial score (nSPS) is 14.8. The van der Waals surface area contributed by atoms with Crippen molar-refractivity contribution in [3.05, 3.63) is 59.7 Å². The Balaban J connectivity index is 1.46. The minimum Gasteiger partial charge on any atom is -0.370 e. The number of fused-ring (bicyclic) bond motifs is 1. The average Bonchev–Trinajstić information content (AvgIpc) is 3.19. The summed E-state index contributed by atoms with van der Waals surface area (Å²) in [5.41, 5.74) is 3.39. The molecule has 0 spiro atoms. The predicted octanol–water partition coefficient (Wildman–Crippen LogP) is 2.88. The lowest BCUT2D eigenvalue weighted by Gasteiger charge is -2.25. The molecule has 6 heteroatoms. The fourth-order valence-corrected chi connectivity index (χ4v) is 5.00. The Morgan fingerprint density at radius 3 is 2.77 bits per heavy atom. The van der Waals surface area contributed by atoms with Gasteiger partial charge in [-0.25, -0.2) is 4.98 Å². The first-order valence-electron chi connectivity index (χ1n) is 10.8. The van der Waals surface area contributed by atoms with Crippen LogP contribution < -0.4 is 9.80 Å². The van der Waals surface area contributed by atoms with Crippen molar-refractivity contribution in [1.29, 1.82) is 0 Å². The van der Waals surface area contributed by atoms with Crippen molar-refractivity contribution in [2.75, 3.05) is 44.3 Å². The summed E-state index contributed by atoms with van der Waals surface area (Å²) >= 11 is 1.62. The third kappa shape index (κ3) is 5.45. The number of anilines is 1. The smallest absolute Gasteiger partial charge is 0.229 e. The van der Waals surface area contributed by atoms with E-state index in [1.807, 2.05) is 23.1 Å². The largest absolute Gasteiger partial charge is 0.370 e. The Bertz CT molecular complexity index is 967. The van der Waals surface area contributed by atoms with Crippen molar-refractivity contribution in [2.45, 2.75) is 26.2 Å². The van der Waals surface area contributed by atoms with Crippen molar-refractivity contribution >= 4 is 32.6 Å². The number of hydrogen-bond donors (Lipinski definition) is 1. The number of nitrogens with one attached hydrogen (secondary N) is 1. The molecule has 0 aliphatic carbocycles. The molecule has 0 atom stereocenters. The third-order valence-corrected chi connectivity index (χ3v) is 6.69. The molecule has 1 amide bonds. The van der Waals surface area contributed by atoms with Crippen LogP contribution in [0.1, 0.15) is 24.0 Å². The number of hydrogen-bond acceptors (Lipinski definition) is 4. The molecule has 0 saturated carbocycles. The minimum atomic E-state index is 0.159. The third-order valence-electron chi connectivity index (χ3n) is 5.65. The first kappa shape index (κ1) is 21.0. The van der Waals surface area contributed by atoms with Gasteiger partial charge in [-0.2, -0.15) is 0 Å². The zero-order valence-corrected chi connectivity index (χ0v) is 18.4. The fraction of sp³-hybridized carbons (Fsp3) is 0.417. The molecule has 4 rings (SSSR count). The first-order chi connectivity index (χ1) is 14.7. The second-order valence-electron chi connectivity index (χ2n) is 7.96. The molecular formula is C24H30N3O2S+. The molecule has 0 radical (unpaired) electrons. The van der Waals surface area contributed by atoms with Gasteiger partial charge in [0.15, 0.2) is 5.13 Å². The molecule has 2 heterocycles. The van der Waals surface area contributed by atoms with Crippen LogP contribution in [0.3, 0.4) is 0 Å². The summed E-state index contributed by atoms with van der Waals surface area (Å²) < 4.78 is 6.60. The maximum Gasteiger partial charge on any atom is 0.229 e. The van der Waals surface area contributed by atoms with Gasteiger partial charge < -0.3 is 9.64 Å². The zero-order chi connectivity index (χ0) is 20.8. The number of benzene rings is 2. The van der Waals surface area contributed by atoms with Crippen molar-refractivity contribution in [1.82, 2.24) is 4.98 Å². The second-order valence-corrected chi connectivity index (χ2v) is 8.97. The van der Waals surface area contributed by atoms with Crippen molar-refractivity contribution < 1.29 is 14.4 Å². The lowest BCUT2D eigenvalue weighted by Crippen LogP contribution is -3.14. The van der Waals surface area contributed by atoms with E-state index in [0.717, 1.165) is 67.6 Å². The van der Waals surface area contributed by atoms with E-state index in [2.05, 4.69) is 37.3 Å². The van der Waals surface area contributed by atoms with Gasteiger partial charge in [-0.3, -0.25) is 9.69 Å².